The molecule has 0 spiro atoms. The van der Waals surface area contributed by atoms with Crippen molar-refractivity contribution >= 4 is 28.7 Å². The standard InChI is InChI=1S/C22H26N6O3S/c1-13(2)24-5-3-6-28-21-19(20(23)25-11-26-21)27-22(28)32-18-9-17-16(30-12-31-17)8-15(18)14-4-7-29-10-14/h4,7-9,11,13-14,24H,3,5-6,10,12H2,1-2H3,(H2,23,25,26). The fourth-order valence-corrected chi connectivity index (χ4v) is 4.93. The molecule has 0 bridgehead atoms. The van der Waals surface area contributed by atoms with Crippen LogP contribution in [-0.4, -0.2) is 45.5 Å². The number of imidazole rings is 1. The van der Waals surface area contributed by atoms with Crippen LogP contribution in [0.15, 0.2) is 40.9 Å². The van der Waals surface area contributed by atoms with Crippen LogP contribution in [0.4, 0.5) is 5.82 Å². The first-order chi connectivity index (χ1) is 15.6. The van der Waals surface area contributed by atoms with Crippen LogP contribution in [0.25, 0.3) is 11.2 Å². The van der Waals surface area contributed by atoms with E-state index in [-0.39, 0.29) is 12.7 Å². The summed E-state index contributed by atoms with van der Waals surface area (Å²) in [5.41, 5.74) is 8.61. The van der Waals surface area contributed by atoms with Gasteiger partial charge in [0.15, 0.2) is 33.6 Å². The Morgan fingerprint density at radius 3 is 2.88 bits per heavy atom. The summed E-state index contributed by atoms with van der Waals surface area (Å²) in [7, 11) is 0. The number of rotatable bonds is 8. The van der Waals surface area contributed by atoms with E-state index in [0.29, 0.717) is 24.0 Å². The molecule has 2 aliphatic heterocycles. The largest absolute Gasteiger partial charge is 0.501 e. The van der Waals surface area contributed by atoms with Gasteiger partial charge in [0.25, 0.3) is 0 Å². The second kappa shape index (κ2) is 8.87. The van der Waals surface area contributed by atoms with E-state index in [1.807, 2.05) is 12.1 Å². The lowest BCUT2D eigenvalue weighted by Gasteiger charge is -2.15. The first kappa shape index (κ1) is 20.9. The number of aryl methyl sites for hydroxylation is 1. The Hall–Kier alpha value is -2.98. The van der Waals surface area contributed by atoms with Crippen LogP contribution in [0.1, 0.15) is 31.7 Å². The Kier molecular flexibility index (Phi) is 5.79. The van der Waals surface area contributed by atoms with Gasteiger partial charge in [-0.05, 0) is 36.7 Å². The van der Waals surface area contributed by atoms with E-state index in [1.54, 1.807) is 18.0 Å². The Labute approximate surface area is 190 Å². The van der Waals surface area contributed by atoms with Gasteiger partial charge in [0.2, 0.25) is 6.79 Å². The van der Waals surface area contributed by atoms with Crippen molar-refractivity contribution in [2.75, 3.05) is 25.7 Å². The highest BCUT2D eigenvalue weighted by molar-refractivity contribution is 7.99. The van der Waals surface area contributed by atoms with Crippen LogP contribution in [0.5, 0.6) is 11.5 Å². The van der Waals surface area contributed by atoms with Gasteiger partial charge in [-0.3, -0.25) is 0 Å². The highest BCUT2D eigenvalue weighted by atomic mass is 32.2. The van der Waals surface area contributed by atoms with Gasteiger partial charge in [-0.1, -0.05) is 25.6 Å². The highest BCUT2D eigenvalue weighted by Crippen LogP contribution is 2.44. The maximum absolute atomic E-state index is 6.12. The van der Waals surface area contributed by atoms with Gasteiger partial charge in [0, 0.05) is 23.4 Å². The zero-order valence-electron chi connectivity index (χ0n) is 18.1. The molecule has 2 aliphatic rings. The molecule has 0 saturated carbocycles. The molecule has 3 aromatic rings. The zero-order valence-corrected chi connectivity index (χ0v) is 18.9. The van der Waals surface area contributed by atoms with Gasteiger partial charge < -0.3 is 29.8 Å². The van der Waals surface area contributed by atoms with E-state index in [9.17, 15) is 0 Å². The van der Waals surface area contributed by atoms with Crippen molar-refractivity contribution < 1.29 is 14.2 Å². The fraction of sp³-hybridized carbons (Fsp3) is 0.409. The number of hydrogen-bond acceptors (Lipinski definition) is 9. The molecule has 5 rings (SSSR count). The molecule has 168 valence electrons. The van der Waals surface area contributed by atoms with Crippen LogP contribution < -0.4 is 20.5 Å². The summed E-state index contributed by atoms with van der Waals surface area (Å²) in [4.78, 5) is 14.5. The second-order valence-electron chi connectivity index (χ2n) is 8.05. The van der Waals surface area contributed by atoms with Crippen LogP contribution >= 0.6 is 11.8 Å². The third kappa shape index (κ3) is 4.07. The van der Waals surface area contributed by atoms with E-state index in [1.165, 1.54) is 6.33 Å². The summed E-state index contributed by atoms with van der Waals surface area (Å²) in [5.74, 6) is 2.02. The smallest absolute Gasteiger partial charge is 0.231 e. The van der Waals surface area contributed by atoms with Gasteiger partial charge in [-0.25, -0.2) is 15.0 Å². The number of hydrogen-bond donors (Lipinski definition) is 2. The Balaban J connectivity index is 1.51. The summed E-state index contributed by atoms with van der Waals surface area (Å²) in [5, 5.41) is 4.28. The van der Waals surface area contributed by atoms with E-state index in [2.05, 4.69) is 39.8 Å². The molecule has 1 unspecified atom stereocenters. The molecule has 32 heavy (non-hydrogen) atoms. The third-order valence-electron chi connectivity index (χ3n) is 5.42. The minimum Gasteiger partial charge on any atom is -0.501 e. The zero-order chi connectivity index (χ0) is 22.1. The molecule has 3 N–H and O–H groups in total. The van der Waals surface area contributed by atoms with Gasteiger partial charge in [-0.15, -0.1) is 0 Å². The number of anilines is 1. The molecule has 0 amide bonds. The van der Waals surface area contributed by atoms with Crippen LogP contribution in [-0.2, 0) is 11.3 Å². The monoisotopic (exact) mass is 454 g/mol. The molecule has 0 saturated heterocycles. The van der Waals surface area contributed by atoms with Gasteiger partial charge in [-0.2, -0.15) is 0 Å². The van der Waals surface area contributed by atoms with E-state index in [4.69, 9.17) is 24.9 Å². The number of aromatic nitrogens is 4. The molecule has 0 fully saturated rings. The summed E-state index contributed by atoms with van der Waals surface area (Å²) >= 11 is 1.58. The summed E-state index contributed by atoms with van der Waals surface area (Å²) in [6.07, 6.45) is 6.24. The first-order valence-corrected chi connectivity index (χ1v) is 11.5. The molecule has 0 radical (unpaired) electrons. The van der Waals surface area contributed by atoms with Gasteiger partial charge in [0.05, 0.1) is 12.9 Å². The Bertz CT molecular complexity index is 1160. The van der Waals surface area contributed by atoms with Crippen molar-refractivity contribution in [3.05, 3.63) is 36.4 Å². The summed E-state index contributed by atoms with van der Waals surface area (Å²) < 4.78 is 18.9. The number of nitrogen functional groups attached to an aromatic ring is 1. The Morgan fingerprint density at radius 2 is 2.09 bits per heavy atom. The van der Waals surface area contributed by atoms with Crippen molar-refractivity contribution in [1.82, 2.24) is 24.8 Å². The van der Waals surface area contributed by atoms with Crippen molar-refractivity contribution in [3.63, 3.8) is 0 Å². The molecule has 4 heterocycles. The molecule has 9 nitrogen and oxygen atoms in total. The number of ether oxygens (including phenoxy) is 3. The topological polar surface area (TPSA) is 109 Å². The van der Waals surface area contributed by atoms with E-state index in [0.717, 1.165) is 52.3 Å². The lowest BCUT2D eigenvalue weighted by molar-refractivity contribution is 0.174. The minimum atomic E-state index is 0.143. The average Bonchev–Trinajstić information content (AvgIpc) is 3.51. The van der Waals surface area contributed by atoms with Crippen molar-refractivity contribution in [3.8, 4) is 11.5 Å². The number of benzene rings is 1. The second-order valence-corrected chi connectivity index (χ2v) is 9.06. The lowest BCUT2D eigenvalue weighted by atomic mass is 10.0. The first-order valence-electron chi connectivity index (χ1n) is 10.7. The summed E-state index contributed by atoms with van der Waals surface area (Å²) in [6, 6.07) is 4.51. The van der Waals surface area contributed by atoms with Crippen molar-refractivity contribution in [1.29, 1.82) is 0 Å². The summed E-state index contributed by atoms with van der Waals surface area (Å²) in [6.45, 7) is 6.79. The number of fused-ring (bicyclic) bond motifs is 2. The van der Waals surface area contributed by atoms with Crippen LogP contribution in [0, 0.1) is 0 Å². The molecule has 0 aliphatic carbocycles. The number of nitrogens with two attached hydrogens (primary N) is 1. The molecule has 1 aromatic carbocycles. The normalized spacial score (nSPS) is 16.9. The lowest BCUT2D eigenvalue weighted by Crippen LogP contribution is -2.24. The van der Waals surface area contributed by atoms with E-state index >= 15 is 0 Å². The molecule has 2 aromatic heterocycles. The maximum atomic E-state index is 6.12. The average molecular weight is 455 g/mol. The molecular weight excluding hydrogens is 428 g/mol. The van der Waals surface area contributed by atoms with Crippen molar-refractivity contribution in [2.24, 2.45) is 0 Å². The SMILES string of the molecule is CC(C)NCCCn1c(Sc2cc3c(cc2C2C=COC2)OCO3)nc2c(N)ncnc21. The third-order valence-corrected chi connectivity index (χ3v) is 6.49. The van der Waals surface area contributed by atoms with Crippen LogP contribution in [0.2, 0.25) is 0 Å². The minimum absolute atomic E-state index is 0.143. The Morgan fingerprint density at radius 1 is 1.25 bits per heavy atom. The maximum Gasteiger partial charge on any atom is 0.231 e. The molecule has 1 atom stereocenters. The van der Waals surface area contributed by atoms with E-state index < -0.39 is 0 Å². The highest BCUT2D eigenvalue weighted by Gasteiger charge is 2.25. The van der Waals surface area contributed by atoms with Crippen LogP contribution in [0.3, 0.4) is 0 Å². The predicted molar refractivity (Wildman–Crippen MR) is 122 cm³/mol. The van der Waals surface area contributed by atoms with Gasteiger partial charge >= 0.3 is 0 Å². The quantitative estimate of drug-likeness (QED) is 0.495. The molecular formula is C22H26N6O3S. The molecule has 10 heteroatoms. The predicted octanol–water partition coefficient (Wildman–Crippen LogP) is 3.30. The number of nitrogens with zero attached hydrogens (tertiary/aromatic N) is 4. The number of nitrogens with one attached hydrogen (secondary N) is 1. The van der Waals surface area contributed by atoms with Crippen molar-refractivity contribution in [2.45, 2.75) is 48.8 Å². The van der Waals surface area contributed by atoms with Gasteiger partial charge in [0.1, 0.15) is 6.33 Å². The fourth-order valence-electron chi connectivity index (χ4n) is 3.82.